The van der Waals surface area contributed by atoms with Crippen LogP contribution >= 0.6 is 0 Å². The van der Waals surface area contributed by atoms with Crippen LogP contribution in [0, 0.1) is 5.41 Å². The molecule has 0 amide bonds. The maximum Gasteiger partial charge on any atom is 0.420 e. The Morgan fingerprint density at radius 3 is 2.35 bits per heavy atom. The van der Waals surface area contributed by atoms with E-state index in [1.165, 1.54) is 6.07 Å². The Balaban J connectivity index is 1.53. The highest BCUT2D eigenvalue weighted by Gasteiger charge is 2.53. The number of ketones is 1. The highest BCUT2D eigenvalue weighted by Crippen LogP contribution is 2.51. The predicted molar refractivity (Wildman–Crippen MR) is 160 cm³/mol. The molecular weight excluding hydrogens is 555 g/mol. The number of benzene rings is 3. The number of hydrogen-bond donors (Lipinski definition) is 0. The van der Waals surface area contributed by atoms with Gasteiger partial charge in [0, 0.05) is 35.4 Å². The third-order valence-electron chi connectivity index (χ3n) is 8.55. The van der Waals surface area contributed by atoms with Crippen LogP contribution in [0.4, 0.5) is 13.2 Å². The van der Waals surface area contributed by atoms with Crippen LogP contribution in [0.3, 0.4) is 0 Å². The van der Waals surface area contributed by atoms with Gasteiger partial charge in [0.1, 0.15) is 17.1 Å². The number of carbonyl (C=O) groups excluding carboxylic acids is 1. The Labute approximate surface area is 246 Å². The first-order valence-electron chi connectivity index (χ1n) is 13.7. The van der Waals surface area contributed by atoms with Crippen molar-refractivity contribution >= 4 is 35.0 Å². The lowest BCUT2D eigenvalue weighted by molar-refractivity contribution is -0.143. The zero-order valence-electron chi connectivity index (χ0n) is 24.0. The summed E-state index contributed by atoms with van der Waals surface area (Å²) in [6.07, 6.45) is 3.44. The molecule has 0 N–H and O–H groups in total. The van der Waals surface area contributed by atoms with Crippen LogP contribution in [0.25, 0.3) is 29.2 Å². The van der Waals surface area contributed by atoms with Gasteiger partial charge in [0.2, 0.25) is 11.2 Å². The van der Waals surface area contributed by atoms with Gasteiger partial charge < -0.3 is 14.1 Å². The van der Waals surface area contributed by atoms with E-state index in [-0.39, 0.29) is 27.9 Å². The van der Waals surface area contributed by atoms with Crippen molar-refractivity contribution in [1.82, 2.24) is 4.90 Å². The summed E-state index contributed by atoms with van der Waals surface area (Å²) in [6.45, 7) is 5.53. The second-order valence-electron chi connectivity index (χ2n) is 11.4. The van der Waals surface area contributed by atoms with E-state index in [0.717, 1.165) is 6.07 Å². The summed E-state index contributed by atoms with van der Waals surface area (Å²) in [6, 6.07) is 17.4. The smallest absolute Gasteiger partial charge is 0.420 e. The van der Waals surface area contributed by atoms with Gasteiger partial charge >= 0.3 is 6.18 Å². The standard InChI is InChI=1S/C35H28F3NO4/c1-21-18-26-29(42-28-13-9-8-12-25(28)31(26)41)15-17-39(4)34(33(21,2)3)16-14-23-19-24(30(40)22-10-6-5-7-11-22)20-27(32(23)43-34)35(36,37)38/h5-20H,1-4H3/b17-15+,21-18+. The van der Waals surface area contributed by atoms with Crippen molar-refractivity contribution in [2.45, 2.75) is 32.7 Å². The number of ether oxygens (including phenoxy) is 1. The molecule has 2 aliphatic heterocycles. The summed E-state index contributed by atoms with van der Waals surface area (Å²) in [4.78, 5) is 28.3. The van der Waals surface area contributed by atoms with Crippen LogP contribution in [-0.4, -0.2) is 23.5 Å². The minimum Gasteiger partial charge on any atom is -0.462 e. The molecule has 43 heavy (non-hydrogen) atoms. The van der Waals surface area contributed by atoms with Crippen molar-refractivity contribution in [2.75, 3.05) is 7.05 Å². The number of alkyl halides is 3. The summed E-state index contributed by atoms with van der Waals surface area (Å²) in [5, 5.41) is 0.428. The minimum atomic E-state index is -4.81. The summed E-state index contributed by atoms with van der Waals surface area (Å²) in [5.41, 5.74) is -1.90. The number of halogens is 3. The largest absolute Gasteiger partial charge is 0.462 e. The van der Waals surface area contributed by atoms with Crippen molar-refractivity contribution in [3.05, 3.63) is 128 Å². The normalized spacial score (nSPS) is 21.1. The van der Waals surface area contributed by atoms with Gasteiger partial charge in [-0.2, -0.15) is 13.2 Å². The van der Waals surface area contributed by atoms with Gasteiger partial charge in [-0.05, 0) is 69.3 Å². The van der Waals surface area contributed by atoms with Crippen LogP contribution in [-0.2, 0) is 6.18 Å². The lowest BCUT2D eigenvalue weighted by atomic mass is 9.72. The van der Waals surface area contributed by atoms with Gasteiger partial charge in [0.25, 0.3) is 0 Å². The van der Waals surface area contributed by atoms with Crippen LogP contribution < -0.4 is 10.2 Å². The molecule has 1 unspecified atom stereocenters. The number of likely N-dealkylation sites (N-methyl/N-ethyl adjacent to an activating group) is 1. The van der Waals surface area contributed by atoms with Crippen LogP contribution in [0.15, 0.2) is 93.8 Å². The summed E-state index contributed by atoms with van der Waals surface area (Å²) < 4.78 is 56.4. The summed E-state index contributed by atoms with van der Waals surface area (Å²) in [7, 11) is 1.70. The van der Waals surface area contributed by atoms with E-state index < -0.39 is 28.7 Å². The third kappa shape index (κ3) is 4.49. The average molecular weight is 584 g/mol. The Hall–Kier alpha value is -4.85. The Bertz CT molecular complexity index is 1930. The fourth-order valence-electron chi connectivity index (χ4n) is 5.75. The molecule has 0 radical (unpaired) electrons. The maximum atomic E-state index is 14.6. The Kier molecular flexibility index (Phi) is 6.49. The second-order valence-corrected chi connectivity index (χ2v) is 11.4. The van der Waals surface area contributed by atoms with Crippen molar-refractivity contribution in [1.29, 1.82) is 0 Å². The first-order valence-corrected chi connectivity index (χ1v) is 13.7. The van der Waals surface area contributed by atoms with Gasteiger partial charge in [-0.1, -0.05) is 48.0 Å². The number of nitrogens with zero attached hydrogens (tertiary/aromatic N) is 1. The molecule has 0 saturated heterocycles. The van der Waals surface area contributed by atoms with Gasteiger partial charge in [0.15, 0.2) is 5.78 Å². The SMILES string of the molecule is C/C1=C\c2c(oc3ccccc3c2=O)/C=C/N(C)C2(C=Cc3cc(C(=O)c4ccccc4)cc(C(F)(F)F)c3O2)C1(C)C. The number of hydrogen-bond acceptors (Lipinski definition) is 5. The molecule has 218 valence electrons. The Morgan fingerprint density at radius 2 is 1.63 bits per heavy atom. The van der Waals surface area contributed by atoms with E-state index in [1.54, 1.807) is 97.0 Å². The lowest BCUT2D eigenvalue weighted by Gasteiger charge is -2.51. The molecule has 1 atom stereocenters. The van der Waals surface area contributed by atoms with Gasteiger partial charge in [-0.3, -0.25) is 9.59 Å². The number of carbonyl (C=O) groups is 1. The van der Waals surface area contributed by atoms with Crippen molar-refractivity contribution < 1.29 is 27.1 Å². The quantitative estimate of drug-likeness (QED) is 0.223. The highest BCUT2D eigenvalue weighted by molar-refractivity contribution is 6.09. The summed E-state index contributed by atoms with van der Waals surface area (Å²) in [5.74, 6) is -0.577. The van der Waals surface area contributed by atoms with E-state index in [4.69, 9.17) is 9.15 Å². The Morgan fingerprint density at radius 1 is 0.930 bits per heavy atom. The molecule has 8 heteroatoms. The predicted octanol–water partition coefficient (Wildman–Crippen LogP) is 8.19. The zero-order valence-corrected chi connectivity index (χ0v) is 24.0. The second kappa shape index (κ2) is 9.87. The van der Waals surface area contributed by atoms with Gasteiger partial charge in [-0.25, -0.2) is 0 Å². The first kappa shape index (κ1) is 28.3. The number of para-hydroxylation sites is 1. The van der Waals surface area contributed by atoms with Crippen LogP contribution in [0.5, 0.6) is 5.75 Å². The molecule has 4 aromatic rings. The monoisotopic (exact) mass is 583 g/mol. The molecule has 3 heterocycles. The zero-order chi connectivity index (χ0) is 30.7. The molecule has 1 aromatic heterocycles. The van der Waals surface area contributed by atoms with E-state index >= 15 is 0 Å². The van der Waals surface area contributed by atoms with Crippen molar-refractivity contribution in [3.8, 4) is 5.75 Å². The van der Waals surface area contributed by atoms with E-state index in [9.17, 15) is 22.8 Å². The first-order chi connectivity index (χ1) is 20.3. The molecule has 1 spiro atoms. The van der Waals surface area contributed by atoms with E-state index in [0.29, 0.717) is 27.9 Å². The molecule has 3 aromatic carbocycles. The highest BCUT2D eigenvalue weighted by atomic mass is 19.4. The van der Waals surface area contributed by atoms with Gasteiger partial charge in [0.05, 0.1) is 16.5 Å². The average Bonchev–Trinajstić information content (AvgIpc) is 3.01. The number of fused-ring (bicyclic) bond motifs is 3. The van der Waals surface area contributed by atoms with Gasteiger partial charge in [-0.15, -0.1) is 0 Å². The molecule has 2 aliphatic rings. The topological polar surface area (TPSA) is 59.8 Å². The third-order valence-corrected chi connectivity index (χ3v) is 8.55. The molecule has 0 aliphatic carbocycles. The molecule has 0 fully saturated rings. The maximum absolute atomic E-state index is 14.6. The lowest BCUT2D eigenvalue weighted by Crippen LogP contribution is -2.59. The van der Waals surface area contributed by atoms with Crippen LogP contribution in [0.1, 0.15) is 59.1 Å². The van der Waals surface area contributed by atoms with Crippen LogP contribution in [0.2, 0.25) is 0 Å². The van der Waals surface area contributed by atoms with E-state index in [2.05, 4.69) is 0 Å². The minimum absolute atomic E-state index is 0.0911. The fraction of sp³-hybridized carbons (Fsp3) is 0.200. The molecule has 0 bridgehead atoms. The van der Waals surface area contributed by atoms with Crippen molar-refractivity contribution in [2.24, 2.45) is 5.41 Å². The number of rotatable bonds is 2. The summed E-state index contributed by atoms with van der Waals surface area (Å²) >= 11 is 0. The van der Waals surface area contributed by atoms with Crippen molar-refractivity contribution in [3.63, 3.8) is 0 Å². The molecular formula is C35H28F3NO4. The fourth-order valence-corrected chi connectivity index (χ4v) is 5.75. The molecule has 0 saturated carbocycles. The van der Waals surface area contributed by atoms with E-state index in [1.807, 2.05) is 20.8 Å². The molecule has 6 rings (SSSR count). The molecule has 5 nitrogen and oxygen atoms in total.